The van der Waals surface area contributed by atoms with E-state index in [-0.39, 0.29) is 0 Å². The number of hydrogen-bond acceptors (Lipinski definition) is 4. The zero-order valence-corrected chi connectivity index (χ0v) is 25.6. The van der Waals surface area contributed by atoms with Crippen molar-refractivity contribution in [3.8, 4) is 28.4 Å². The van der Waals surface area contributed by atoms with Gasteiger partial charge in [-0.1, -0.05) is 51.3 Å². The van der Waals surface area contributed by atoms with E-state index >= 15 is 0 Å². The molecule has 5 rings (SSSR count). The number of likely N-dealkylation sites (tertiary alicyclic amines) is 1. The lowest BCUT2D eigenvalue weighted by Crippen LogP contribution is -2.33. The van der Waals surface area contributed by atoms with E-state index in [9.17, 15) is 0 Å². The summed E-state index contributed by atoms with van der Waals surface area (Å²) in [5.74, 6) is 3.64. The van der Waals surface area contributed by atoms with Gasteiger partial charge in [-0.25, -0.2) is 4.98 Å². The number of aromatic nitrogens is 2. The molecule has 2 aliphatic rings. The van der Waals surface area contributed by atoms with Crippen molar-refractivity contribution >= 4 is 11.6 Å². The minimum atomic E-state index is 0.703. The maximum atomic E-state index is 6.09. The first-order valence-corrected chi connectivity index (χ1v) is 15.6. The van der Waals surface area contributed by atoms with Gasteiger partial charge < -0.3 is 14.0 Å². The molecule has 0 radical (unpaired) electrons. The number of halogens is 1. The van der Waals surface area contributed by atoms with Gasteiger partial charge in [-0.2, -0.15) is 0 Å². The van der Waals surface area contributed by atoms with Gasteiger partial charge in [0.1, 0.15) is 29.7 Å². The fraction of sp³-hybridized carbons (Fsp3) is 0.400. The summed E-state index contributed by atoms with van der Waals surface area (Å²) in [6.45, 7) is 10.3. The molecule has 0 N–H and O–H groups in total. The van der Waals surface area contributed by atoms with E-state index in [0.29, 0.717) is 11.5 Å². The van der Waals surface area contributed by atoms with Crippen LogP contribution in [0.5, 0.6) is 11.5 Å². The van der Waals surface area contributed by atoms with Crippen molar-refractivity contribution in [2.75, 3.05) is 26.2 Å². The Balaban J connectivity index is 0.00000189. The highest BCUT2D eigenvalue weighted by Gasteiger charge is 2.13. The highest BCUT2D eigenvalue weighted by atomic mass is 35.5. The molecule has 3 aromatic rings. The molecular weight excluding hydrogens is 530 g/mol. The molecule has 2 aromatic carbocycles. The summed E-state index contributed by atoms with van der Waals surface area (Å²) in [5, 5.41) is 0.703. The summed E-state index contributed by atoms with van der Waals surface area (Å²) in [6, 6.07) is 16.5. The molecule has 0 unspecified atom stereocenters. The van der Waals surface area contributed by atoms with Gasteiger partial charge in [-0.05, 0) is 99.1 Å². The predicted molar refractivity (Wildman–Crippen MR) is 171 cm³/mol. The molecule has 5 nitrogen and oxygen atoms in total. The zero-order chi connectivity index (χ0) is 28.9. The van der Waals surface area contributed by atoms with E-state index in [4.69, 9.17) is 26.1 Å². The monoisotopic (exact) mass is 573 g/mol. The number of rotatable bonds is 11. The summed E-state index contributed by atoms with van der Waals surface area (Å²) < 4.78 is 14.3. The van der Waals surface area contributed by atoms with Crippen LogP contribution in [0, 0.1) is 0 Å². The fourth-order valence-electron chi connectivity index (χ4n) is 4.98. The van der Waals surface area contributed by atoms with Crippen LogP contribution in [0.3, 0.4) is 0 Å². The Hall–Kier alpha value is -3.28. The molecule has 41 heavy (non-hydrogen) atoms. The number of nitrogens with zero attached hydrogens (tertiary/aromatic N) is 3. The number of benzene rings is 2. The number of allylic oxidation sites excluding steroid dienone is 5. The predicted octanol–water partition coefficient (Wildman–Crippen LogP) is 9.12. The maximum Gasteiger partial charge on any atom is 0.127 e. The molecule has 0 saturated carbocycles. The van der Waals surface area contributed by atoms with Gasteiger partial charge in [0.2, 0.25) is 0 Å². The highest BCUT2D eigenvalue weighted by molar-refractivity contribution is 6.31. The molecular formula is C35H44ClN3O2. The number of piperidine rings is 1. The van der Waals surface area contributed by atoms with E-state index in [2.05, 4.69) is 59.0 Å². The molecule has 1 saturated heterocycles. The van der Waals surface area contributed by atoms with E-state index in [1.165, 1.54) is 32.4 Å². The van der Waals surface area contributed by atoms with Crippen molar-refractivity contribution in [3.63, 3.8) is 0 Å². The lowest BCUT2D eigenvalue weighted by Gasteiger charge is -2.26. The van der Waals surface area contributed by atoms with E-state index < -0.39 is 0 Å². The Morgan fingerprint density at radius 2 is 1.63 bits per heavy atom. The Bertz CT molecular complexity index is 1300. The average Bonchev–Trinajstić information content (AvgIpc) is 3.34. The standard InChI is InChI=1S/C33H38ClN3O2.C2H6/c1-2-3-10-33-35-32(26-11-16-29(17-12-26)38-24-23-36-21-5-4-6-22-36)25-37(33)28-14-19-31(20-15-28)39-30-9-7-8-27(34)13-18-30;1-2/h7-8,11-20,25H,2-6,9-10,21-24H2,1H3;1-2H3. The van der Waals surface area contributed by atoms with Gasteiger partial charge in [0.05, 0.1) is 5.69 Å². The zero-order valence-electron chi connectivity index (χ0n) is 24.8. The fourth-order valence-corrected chi connectivity index (χ4v) is 5.13. The van der Waals surface area contributed by atoms with E-state index in [1.54, 1.807) is 0 Å². The van der Waals surface area contributed by atoms with Crippen LogP contribution in [0.1, 0.15) is 65.1 Å². The third-order valence-corrected chi connectivity index (χ3v) is 7.45. The van der Waals surface area contributed by atoms with Crippen molar-refractivity contribution in [1.82, 2.24) is 14.5 Å². The normalized spacial score (nSPS) is 15.3. The Labute approximate surface area is 251 Å². The average molecular weight is 574 g/mol. The van der Waals surface area contributed by atoms with Gasteiger partial charge >= 0.3 is 0 Å². The van der Waals surface area contributed by atoms with Crippen LogP contribution in [0.4, 0.5) is 0 Å². The summed E-state index contributed by atoms with van der Waals surface area (Å²) in [6.07, 6.45) is 17.7. The number of aryl methyl sites for hydroxylation is 1. The first kappa shape index (κ1) is 30.7. The van der Waals surface area contributed by atoms with Crippen molar-refractivity contribution in [2.45, 2.75) is 65.7 Å². The van der Waals surface area contributed by atoms with Crippen LogP contribution in [-0.4, -0.2) is 40.7 Å². The summed E-state index contributed by atoms with van der Waals surface area (Å²) >= 11 is 6.09. The molecule has 1 aromatic heterocycles. The molecule has 0 spiro atoms. The molecule has 218 valence electrons. The van der Waals surface area contributed by atoms with Crippen LogP contribution in [0.2, 0.25) is 0 Å². The quantitative estimate of drug-likeness (QED) is 0.229. The molecule has 2 heterocycles. The molecule has 1 aliphatic heterocycles. The SMILES string of the molecule is CC.CCCCc1nc(-c2ccc(OCCN3CCCCC3)cc2)cn1-c1ccc(OC2=CC=C(Cl)C=CC2)cc1. The van der Waals surface area contributed by atoms with Gasteiger partial charge in [-0.3, -0.25) is 4.90 Å². The Kier molecular flexibility index (Phi) is 12.1. The minimum absolute atomic E-state index is 0.703. The smallest absolute Gasteiger partial charge is 0.127 e. The second-order valence-electron chi connectivity index (χ2n) is 10.2. The number of unbranched alkanes of at least 4 members (excludes halogenated alkanes) is 1. The third kappa shape index (κ3) is 9.11. The van der Waals surface area contributed by atoms with Crippen molar-refractivity contribution < 1.29 is 9.47 Å². The lowest BCUT2D eigenvalue weighted by atomic mass is 10.1. The summed E-state index contributed by atoms with van der Waals surface area (Å²) in [5.41, 5.74) is 3.14. The van der Waals surface area contributed by atoms with E-state index in [0.717, 1.165) is 72.4 Å². The highest BCUT2D eigenvalue weighted by Crippen LogP contribution is 2.27. The first-order valence-electron chi connectivity index (χ1n) is 15.2. The molecule has 6 heteroatoms. The van der Waals surface area contributed by atoms with E-state index in [1.807, 2.05) is 50.3 Å². The van der Waals surface area contributed by atoms with Gasteiger partial charge in [-0.15, -0.1) is 0 Å². The molecule has 0 amide bonds. The van der Waals surface area contributed by atoms with Crippen molar-refractivity contribution in [1.29, 1.82) is 0 Å². The minimum Gasteiger partial charge on any atom is -0.492 e. The molecule has 1 aliphatic carbocycles. The molecule has 0 bridgehead atoms. The second kappa shape index (κ2) is 16.2. The van der Waals surface area contributed by atoms with Crippen LogP contribution >= 0.6 is 11.6 Å². The maximum absolute atomic E-state index is 6.09. The van der Waals surface area contributed by atoms with Crippen molar-refractivity contribution in [2.24, 2.45) is 0 Å². The van der Waals surface area contributed by atoms with Crippen LogP contribution in [-0.2, 0) is 6.42 Å². The number of imidazole rings is 1. The second-order valence-corrected chi connectivity index (χ2v) is 10.6. The van der Waals surface area contributed by atoms with Gasteiger partial charge in [0, 0.05) is 41.9 Å². The third-order valence-electron chi connectivity index (χ3n) is 7.20. The largest absolute Gasteiger partial charge is 0.492 e. The summed E-state index contributed by atoms with van der Waals surface area (Å²) in [4.78, 5) is 7.53. The van der Waals surface area contributed by atoms with Gasteiger partial charge in [0.15, 0.2) is 0 Å². The number of hydrogen-bond donors (Lipinski definition) is 0. The Morgan fingerprint density at radius 1 is 0.902 bits per heavy atom. The molecule has 1 fully saturated rings. The number of ether oxygens (including phenoxy) is 2. The Morgan fingerprint density at radius 3 is 2.37 bits per heavy atom. The van der Waals surface area contributed by atoms with Crippen LogP contribution in [0.15, 0.2) is 89.8 Å². The lowest BCUT2D eigenvalue weighted by molar-refractivity contribution is 0.183. The summed E-state index contributed by atoms with van der Waals surface area (Å²) in [7, 11) is 0. The van der Waals surface area contributed by atoms with Crippen molar-refractivity contribution in [3.05, 3.63) is 95.6 Å². The van der Waals surface area contributed by atoms with Crippen LogP contribution in [0.25, 0.3) is 16.9 Å². The van der Waals surface area contributed by atoms with Gasteiger partial charge in [0.25, 0.3) is 0 Å². The van der Waals surface area contributed by atoms with Crippen LogP contribution < -0.4 is 9.47 Å². The first-order chi connectivity index (χ1) is 20.2. The topological polar surface area (TPSA) is 39.5 Å². The molecule has 0 atom stereocenters.